The van der Waals surface area contributed by atoms with Gasteiger partial charge in [-0.2, -0.15) is 0 Å². The predicted molar refractivity (Wildman–Crippen MR) is 96.3 cm³/mol. The van der Waals surface area contributed by atoms with Gasteiger partial charge in [-0.15, -0.1) is 0 Å². The predicted octanol–water partition coefficient (Wildman–Crippen LogP) is 1.68. The Kier molecular flexibility index (Phi) is 7.93. The number of hydrogen-bond acceptors (Lipinski definition) is 3. The Hall–Kier alpha value is -2.24. The molecule has 24 heavy (non-hydrogen) atoms. The summed E-state index contributed by atoms with van der Waals surface area (Å²) in [6, 6.07) is 10.2. The van der Waals surface area contributed by atoms with Crippen molar-refractivity contribution < 1.29 is 9.53 Å². The molecule has 3 N–H and O–H groups in total. The Morgan fingerprint density at radius 2 is 2.04 bits per heavy atom. The van der Waals surface area contributed by atoms with E-state index in [-0.39, 0.29) is 5.91 Å². The summed E-state index contributed by atoms with van der Waals surface area (Å²) in [6.45, 7) is 4.70. The van der Waals surface area contributed by atoms with Crippen LogP contribution in [0.2, 0.25) is 0 Å². The van der Waals surface area contributed by atoms with Gasteiger partial charge >= 0.3 is 0 Å². The third-order valence-corrected chi connectivity index (χ3v) is 3.52. The first-order valence-electron chi connectivity index (χ1n) is 8.77. The summed E-state index contributed by atoms with van der Waals surface area (Å²) in [7, 11) is 0. The SMILES string of the molecule is CCNC(=NCCCC(=O)NC1CC1)NCCOc1ccccc1. The molecule has 0 aliphatic heterocycles. The van der Waals surface area contributed by atoms with Crippen molar-refractivity contribution in [3.05, 3.63) is 30.3 Å². The summed E-state index contributed by atoms with van der Waals surface area (Å²) in [5.74, 6) is 1.77. The number of guanidine groups is 1. The topological polar surface area (TPSA) is 74.8 Å². The van der Waals surface area contributed by atoms with E-state index < -0.39 is 0 Å². The summed E-state index contributed by atoms with van der Waals surface area (Å²) in [5.41, 5.74) is 0. The fraction of sp³-hybridized carbons (Fsp3) is 0.556. The van der Waals surface area contributed by atoms with Crippen LogP contribution in [0, 0.1) is 0 Å². The van der Waals surface area contributed by atoms with Crippen LogP contribution in [-0.2, 0) is 4.79 Å². The van der Waals surface area contributed by atoms with Gasteiger partial charge in [0.05, 0.1) is 6.54 Å². The number of amides is 1. The number of nitrogens with zero attached hydrogens (tertiary/aromatic N) is 1. The Labute approximate surface area is 144 Å². The van der Waals surface area contributed by atoms with E-state index in [4.69, 9.17) is 4.74 Å². The molecule has 1 amide bonds. The Morgan fingerprint density at radius 3 is 2.75 bits per heavy atom. The minimum Gasteiger partial charge on any atom is -0.492 e. The molecule has 0 radical (unpaired) electrons. The minimum absolute atomic E-state index is 0.141. The molecule has 2 rings (SSSR count). The van der Waals surface area contributed by atoms with Gasteiger partial charge in [-0.3, -0.25) is 9.79 Å². The van der Waals surface area contributed by atoms with Gasteiger partial charge in [0.2, 0.25) is 5.91 Å². The van der Waals surface area contributed by atoms with Crippen LogP contribution in [0.25, 0.3) is 0 Å². The standard InChI is InChI=1S/C18H28N4O2/c1-2-19-18(20-12-6-9-17(23)22-15-10-11-15)21-13-14-24-16-7-4-3-5-8-16/h3-5,7-8,15H,2,6,9-14H2,1H3,(H,22,23)(H2,19,20,21). The zero-order chi connectivity index (χ0) is 17.0. The number of aliphatic imine (C=N–C) groups is 1. The van der Waals surface area contributed by atoms with Crippen molar-refractivity contribution in [2.24, 2.45) is 4.99 Å². The van der Waals surface area contributed by atoms with Crippen LogP contribution >= 0.6 is 0 Å². The number of carbonyl (C=O) groups is 1. The van der Waals surface area contributed by atoms with Crippen molar-refractivity contribution in [3.63, 3.8) is 0 Å². The lowest BCUT2D eigenvalue weighted by Gasteiger charge is -2.12. The van der Waals surface area contributed by atoms with Crippen LogP contribution < -0.4 is 20.7 Å². The van der Waals surface area contributed by atoms with Gasteiger partial charge in [0.15, 0.2) is 5.96 Å². The third-order valence-electron chi connectivity index (χ3n) is 3.52. The smallest absolute Gasteiger partial charge is 0.220 e. The van der Waals surface area contributed by atoms with Crippen molar-refractivity contribution in [3.8, 4) is 5.75 Å². The summed E-state index contributed by atoms with van der Waals surface area (Å²) in [5, 5.41) is 9.42. The van der Waals surface area contributed by atoms with Crippen molar-refractivity contribution in [1.29, 1.82) is 0 Å². The first-order chi connectivity index (χ1) is 11.8. The molecule has 1 saturated carbocycles. The number of carbonyl (C=O) groups excluding carboxylic acids is 1. The lowest BCUT2D eigenvalue weighted by atomic mass is 10.3. The fourth-order valence-electron chi connectivity index (χ4n) is 2.15. The molecule has 1 aromatic rings. The molecule has 0 unspecified atom stereocenters. The monoisotopic (exact) mass is 332 g/mol. The van der Waals surface area contributed by atoms with Crippen molar-refractivity contribution in [1.82, 2.24) is 16.0 Å². The normalized spacial score (nSPS) is 14.1. The molecular weight excluding hydrogens is 304 g/mol. The lowest BCUT2D eigenvalue weighted by molar-refractivity contribution is -0.121. The average Bonchev–Trinajstić information content (AvgIpc) is 3.40. The molecule has 6 heteroatoms. The number of hydrogen-bond donors (Lipinski definition) is 3. The van der Waals surface area contributed by atoms with Gasteiger partial charge < -0.3 is 20.7 Å². The largest absolute Gasteiger partial charge is 0.492 e. The van der Waals surface area contributed by atoms with Crippen LogP contribution in [0.3, 0.4) is 0 Å². The molecule has 0 aromatic heterocycles. The maximum absolute atomic E-state index is 11.6. The van der Waals surface area contributed by atoms with Gasteiger partial charge in [-0.1, -0.05) is 18.2 Å². The van der Waals surface area contributed by atoms with E-state index >= 15 is 0 Å². The lowest BCUT2D eigenvalue weighted by Crippen LogP contribution is -2.39. The molecule has 1 fully saturated rings. The molecule has 0 atom stereocenters. The second-order valence-corrected chi connectivity index (χ2v) is 5.79. The highest BCUT2D eigenvalue weighted by Gasteiger charge is 2.22. The maximum Gasteiger partial charge on any atom is 0.220 e. The molecule has 1 aromatic carbocycles. The maximum atomic E-state index is 11.6. The van der Waals surface area contributed by atoms with Crippen LogP contribution in [0.15, 0.2) is 35.3 Å². The molecule has 1 aliphatic carbocycles. The number of ether oxygens (including phenoxy) is 1. The highest BCUT2D eigenvalue weighted by molar-refractivity contribution is 5.80. The van der Waals surface area contributed by atoms with Gasteiger partial charge in [-0.05, 0) is 38.3 Å². The van der Waals surface area contributed by atoms with Gasteiger partial charge in [0.25, 0.3) is 0 Å². The van der Waals surface area contributed by atoms with E-state index in [0.717, 1.165) is 37.5 Å². The van der Waals surface area contributed by atoms with Crippen LogP contribution in [0.5, 0.6) is 5.75 Å². The van der Waals surface area contributed by atoms with Crippen molar-refractivity contribution in [2.45, 2.75) is 38.6 Å². The van der Waals surface area contributed by atoms with Crippen molar-refractivity contribution in [2.75, 3.05) is 26.2 Å². The summed E-state index contributed by atoms with van der Waals surface area (Å²) in [4.78, 5) is 16.1. The number of para-hydroxylation sites is 1. The molecular formula is C18H28N4O2. The molecule has 0 bridgehead atoms. The third kappa shape index (κ3) is 7.85. The molecule has 132 valence electrons. The Morgan fingerprint density at radius 1 is 1.25 bits per heavy atom. The van der Waals surface area contributed by atoms with Crippen LogP contribution in [0.1, 0.15) is 32.6 Å². The van der Waals surface area contributed by atoms with E-state index in [2.05, 4.69) is 20.9 Å². The van der Waals surface area contributed by atoms with Gasteiger partial charge in [-0.25, -0.2) is 0 Å². The first-order valence-corrected chi connectivity index (χ1v) is 8.77. The van der Waals surface area contributed by atoms with Crippen LogP contribution in [-0.4, -0.2) is 44.1 Å². The van der Waals surface area contributed by atoms with E-state index in [0.29, 0.717) is 32.2 Å². The van der Waals surface area contributed by atoms with Crippen LogP contribution in [0.4, 0.5) is 0 Å². The highest BCUT2D eigenvalue weighted by atomic mass is 16.5. The van der Waals surface area contributed by atoms with Crippen molar-refractivity contribution >= 4 is 11.9 Å². The van der Waals surface area contributed by atoms with E-state index in [1.54, 1.807) is 0 Å². The number of benzene rings is 1. The first kappa shape index (κ1) is 18.1. The zero-order valence-corrected chi connectivity index (χ0v) is 14.4. The number of nitrogens with one attached hydrogen (secondary N) is 3. The Bertz CT molecular complexity index is 515. The Balaban J connectivity index is 1.59. The molecule has 0 saturated heterocycles. The summed E-state index contributed by atoms with van der Waals surface area (Å²) < 4.78 is 5.64. The zero-order valence-electron chi connectivity index (χ0n) is 14.4. The minimum atomic E-state index is 0.141. The molecule has 6 nitrogen and oxygen atoms in total. The molecule has 0 spiro atoms. The second kappa shape index (κ2) is 10.5. The molecule has 0 heterocycles. The number of rotatable bonds is 10. The van der Waals surface area contributed by atoms with Gasteiger partial charge in [0.1, 0.15) is 12.4 Å². The van der Waals surface area contributed by atoms with E-state index in [9.17, 15) is 4.79 Å². The summed E-state index contributed by atoms with van der Waals surface area (Å²) in [6.07, 6.45) is 3.55. The summed E-state index contributed by atoms with van der Waals surface area (Å²) >= 11 is 0. The van der Waals surface area contributed by atoms with Gasteiger partial charge in [0, 0.05) is 25.6 Å². The second-order valence-electron chi connectivity index (χ2n) is 5.79. The fourth-order valence-corrected chi connectivity index (χ4v) is 2.15. The highest BCUT2D eigenvalue weighted by Crippen LogP contribution is 2.18. The quantitative estimate of drug-likeness (QED) is 0.346. The van der Waals surface area contributed by atoms with E-state index in [1.807, 2.05) is 37.3 Å². The molecule has 1 aliphatic rings. The average molecular weight is 332 g/mol. The van der Waals surface area contributed by atoms with E-state index in [1.165, 1.54) is 0 Å².